The monoisotopic (exact) mass is 434 g/mol. The molecule has 1 aromatic rings. The van der Waals surface area contributed by atoms with Crippen molar-refractivity contribution >= 4 is 29.4 Å². The molecule has 7 nitrogen and oxygen atoms in total. The fraction of sp³-hybridized carbons (Fsp3) is 0.682. The molecule has 0 aromatic carbocycles. The number of carbonyl (C=O) groups is 2. The Kier molecular flexibility index (Phi) is 4.44. The number of rotatable bonds is 2. The average Bonchev–Trinajstić information content (AvgIpc) is 3.34. The van der Waals surface area contributed by atoms with E-state index in [0.29, 0.717) is 25.7 Å². The zero-order valence-electron chi connectivity index (χ0n) is 17.3. The third-order valence-electron chi connectivity index (χ3n) is 8.20. The lowest BCUT2D eigenvalue weighted by molar-refractivity contribution is -0.222. The number of carbonyl (C=O) groups excluding carboxylic acids is 2. The number of esters is 2. The van der Waals surface area contributed by atoms with Crippen LogP contribution in [0.5, 0.6) is 0 Å². The maximum absolute atomic E-state index is 13.1. The number of hydrogen-bond donors (Lipinski definition) is 0. The summed E-state index contributed by atoms with van der Waals surface area (Å²) in [6, 6.07) is 1.83. The van der Waals surface area contributed by atoms with Gasteiger partial charge in [-0.3, -0.25) is 9.59 Å². The van der Waals surface area contributed by atoms with Gasteiger partial charge >= 0.3 is 17.2 Å². The molecule has 0 N–H and O–H groups in total. The molecule has 8 heteroatoms. The quantitative estimate of drug-likeness (QED) is 0.516. The van der Waals surface area contributed by atoms with Crippen LogP contribution in [-0.2, 0) is 28.5 Å². The first-order chi connectivity index (χ1) is 14.3. The third-order valence-corrected chi connectivity index (χ3v) is 8.39. The number of fused-ring (bicyclic) bond motifs is 5. The molecule has 2 saturated heterocycles. The molecule has 3 heterocycles. The maximum Gasteiger partial charge on any atom is 0.353 e. The fourth-order valence-corrected chi connectivity index (χ4v) is 7.13. The summed E-state index contributed by atoms with van der Waals surface area (Å²) < 4.78 is 28.1. The Hall–Kier alpha value is -2.09. The number of cyclic esters (lactones) is 1. The number of thiocarbonyl (C=S) groups is 1. The van der Waals surface area contributed by atoms with Crippen LogP contribution in [0.1, 0.15) is 51.2 Å². The van der Waals surface area contributed by atoms with Gasteiger partial charge in [-0.15, -0.1) is 0 Å². The fourth-order valence-electron chi connectivity index (χ4n) is 6.90. The molecule has 0 amide bonds. The molecule has 5 rings (SSSR count). The lowest BCUT2D eigenvalue weighted by atomic mass is 9.42. The first kappa shape index (κ1) is 19.8. The van der Waals surface area contributed by atoms with Gasteiger partial charge < -0.3 is 23.4 Å². The van der Waals surface area contributed by atoms with E-state index in [4.69, 9.17) is 35.6 Å². The van der Waals surface area contributed by atoms with Gasteiger partial charge in [0.25, 0.3) is 0 Å². The summed E-state index contributed by atoms with van der Waals surface area (Å²) in [6.45, 7) is 4.27. The second-order valence-electron chi connectivity index (χ2n) is 9.57. The first-order valence-electron chi connectivity index (χ1n) is 10.5. The lowest BCUT2D eigenvalue weighted by Crippen LogP contribution is -2.65. The molecule has 1 aromatic heterocycles. The predicted molar refractivity (Wildman–Crippen MR) is 107 cm³/mol. The van der Waals surface area contributed by atoms with Gasteiger partial charge in [-0.25, -0.2) is 0 Å². The Balaban J connectivity index is 1.60. The molecule has 0 radical (unpaired) electrons. The highest BCUT2D eigenvalue weighted by molar-refractivity contribution is 7.79. The van der Waals surface area contributed by atoms with Crippen molar-refractivity contribution in [2.75, 3.05) is 7.11 Å². The van der Waals surface area contributed by atoms with Crippen LogP contribution in [0.15, 0.2) is 23.0 Å². The van der Waals surface area contributed by atoms with Crippen LogP contribution in [0.25, 0.3) is 0 Å². The molecular weight excluding hydrogens is 408 g/mol. The van der Waals surface area contributed by atoms with Gasteiger partial charge in [0.1, 0.15) is 18.3 Å². The summed E-state index contributed by atoms with van der Waals surface area (Å²) in [5, 5.41) is 0.119. The van der Waals surface area contributed by atoms with E-state index in [1.54, 1.807) is 12.5 Å². The Morgan fingerprint density at radius 2 is 2.03 bits per heavy atom. The SMILES string of the molecule is COC(=O)[C@@H]1C[C@@H]2OC(=S)O[C@@H]2[C@H]2[C@@]1(C)CCC1C(=O)O[C@H](c3ccoc3)C[C@@]12C. The second kappa shape index (κ2) is 6.70. The van der Waals surface area contributed by atoms with Gasteiger partial charge in [-0.2, -0.15) is 0 Å². The third kappa shape index (κ3) is 2.65. The zero-order valence-corrected chi connectivity index (χ0v) is 18.1. The first-order valence-corrected chi connectivity index (χ1v) is 10.9. The Morgan fingerprint density at radius 3 is 2.73 bits per heavy atom. The van der Waals surface area contributed by atoms with E-state index in [1.807, 2.05) is 6.07 Å². The lowest BCUT2D eigenvalue weighted by Gasteiger charge is -2.62. The summed E-state index contributed by atoms with van der Waals surface area (Å²) in [6.07, 6.45) is 4.68. The van der Waals surface area contributed by atoms with Crippen LogP contribution >= 0.6 is 12.2 Å². The summed E-state index contributed by atoms with van der Waals surface area (Å²) in [5.41, 5.74) is -0.0174. The van der Waals surface area contributed by atoms with Crippen molar-refractivity contribution in [3.05, 3.63) is 24.2 Å². The van der Waals surface area contributed by atoms with Crippen molar-refractivity contribution in [1.82, 2.24) is 0 Å². The minimum absolute atomic E-state index is 0.116. The van der Waals surface area contributed by atoms with Gasteiger partial charge in [0.05, 0.1) is 31.5 Å². The Morgan fingerprint density at radius 1 is 1.23 bits per heavy atom. The number of methoxy groups -OCH3 is 1. The normalized spacial score (nSPS) is 44.6. The van der Waals surface area contributed by atoms with Crippen LogP contribution in [-0.4, -0.2) is 36.5 Å². The van der Waals surface area contributed by atoms with Gasteiger partial charge in [-0.1, -0.05) is 13.8 Å². The molecule has 4 aliphatic rings. The van der Waals surface area contributed by atoms with Crippen molar-refractivity contribution in [3.8, 4) is 0 Å². The predicted octanol–water partition coefficient (Wildman–Crippen LogP) is 3.57. The molecule has 30 heavy (non-hydrogen) atoms. The molecule has 0 bridgehead atoms. The molecule has 2 aliphatic carbocycles. The molecule has 4 fully saturated rings. The molecule has 1 unspecified atom stereocenters. The van der Waals surface area contributed by atoms with Crippen molar-refractivity contribution in [1.29, 1.82) is 0 Å². The molecule has 8 atom stereocenters. The number of furan rings is 1. The molecular formula is C22H26O7S. The molecule has 162 valence electrons. The highest BCUT2D eigenvalue weighted by atomic mass is 32.1. The number of ether oxygens (including phenoxy) is 4. The van der Waals surface area contributed by atoms with E-state index < -0.39 is 16.9 Å². The molecule has 2 aliphatic heterocycles. The van der Waals surface area contributed by atoms with Crippen molar-refractivity contribution in [3.63, 3.8) is 0 Å². The van der Waals surface area contributed by atoms with Crippen molar-refractivity contribution in [2.24, 2.45) is 28.6 Å². The highest BCUT2D eigenvalue weighted by Gasteiger charge is 2.69. The van der Waals surface area contributed by atoms with Crippen LogP contribution in [0.2, 0.25) is 0 Å². The topological polar surface area (TPSA) is 84.2 Å². The maximum atomic E-state index is 13.1. The van der Waals surface area contributed by atoms with Crippen LogP contribution < -0.4 is 0 Å². The van der Waals surface area contributed by atoms with Crippen molar-refractivity contribution in [2.45, 2.75) is 57.8 Å². The minimum Gasteiger partial charge on any atom is -0.472 e. The smallest absolute Gasteiger partial charge is 0.353 e. The minimum atomic E-state index is -0.455. The standard InChI is InChI=1S/C22H26O7S/c1-21-6-4-12-19(24)27-15(11-5-7-26-10-11)9-22(12,2)17(21)16-14(28-20(30)29-16)8-13(21)18(23)25-3/h5,7,10,12-17H,4,6,8-9H2,1-3H3/t12?,13-,14-,15-,16-,17-,21-,22-/m0/s1. The van der Waals surface area contributed by atoms with E-state index in [1.165, 1.54) is 7.11 Å². The van der Waals surface area contributed by atoms with Gasteiger partial charge in [0.2, 0.25) is 0 Å². The average molecular weight is 435 g/mol. The van der Waals surface area contributed by atoms with Crippen molar-refractivity contribution < 1.29 is 33.0 Å². The summed E-state index contributed by atoms with van der Waals surface area (Å²) in [7, 11) is 1.42. The molecule has 0 spiro atoms. The molecule has 2 saturated carbocycles. The summed E-state index contributed by atoms with van der Waals surface area (Å²) in [4.78, 5) is 25.9. The van der Waals surface area contributed by atoms with Crippen LogP contribution in [0.3, 0.4) is 0 Å². The van der Waals surface area contributed by atoms with Gasteiger partial charge in [-0.05, 0) is 36.2 Å². The largest absolute Gasteiger partial charge is 0.472 e. The second-order valence-corrected chi connectivity index (χ2v) is 9.90. The van der Waals surface area contributed by atoms with E-state index >= 15 is 0 Å². The zero-order chi connectivity index (χ0) is 21.3. The van der Waals surface area contributed by atoms with E-state index in [0.717, 1.165) is 5.56 Å². The summed E-state index contributed by atoms with van der Waals surface area (Å²) in [5.74, 6) is -1.17. The van der Waals surface area contributed by atoms with Gasteiger partial charge in [0, 0.05) is 30.1 Å². The van der Waals surface area contributed by atoms with E-state index in [2.05, 4.69) is 13.8 Å². The van der Waals surface area contributed by atoms with E-state index in [-0.39, 0.29) is 47.1 Å². The van der Waals surface area contributed by atoms with Crippen LogP contribution in [0, 0.1) is 28.6 Å². The Bertz CT molecular complexity index is 882. The van der Waals surface area contributed by atoms with E-state index in [9.17, 15) is 9.59 Å². The van der Waals surface area contributed by atoms with Crippen LogP contribution in [0.4, 0.5) is 0 Å². The highest BCUT2D eigenvalue weighted by Crippen LogP contribution is 2.67. The summed E-state index contributed by atoms with van der Waals surface area (Å²) >= 11 is 5.23. The van der Waals surface area contributed by atoms with Gasteiger partial charge in [0.15, 0.2) is 0 Å². The number of hydrogen-bond acceptors (Lipinski definition) is 8. The Labute approximate surface area is 180 Å².